The number of quaternary nitrogens is 1. The Balaban J connectivity index is 4.29. The normalized spacial score (nSPS) is 14.2. The number of phosphoric ester groups is 1. The molecule has 0 amide bonds. The van der Waals surface area contributed by atoms with E-state index in [1.165, 1.54) is 83.5 Å². The molecule has 2 atom stereocenters. The molecule has 1 N–H and O–H groups in total. The summed E-state index contributed by atoms with van der Waals surface area (Å²) in [5.74, 6) is -0.839. The minimum absolute atomic E-state index is 0.0202. The van der Waals surface area contributed by atoms with E-state index >= 15 is 0 Å². The molecular formula is C61H105NO8P+. The van der Waals surface area contributed by atoms with E-state index in [-0.39, 0.29) is 32.0 Å². The average Bonchev–Trinajstić information content (AvgIpc) is 3.33. The maximum absolute atomic E-state index is 12.8. The van der Waals surface area contributed by atoms with Crippen LogP contribution in [0, 0.1) is 0 Å². The maximum Gasteiger partial charge on any atom is 0.472 e. The van der Waals surface area contributed by atoms with Gasteiger partial charge in [-0.2, -0.15) is 0 Å². The van der Waals surface area contributed by atoms with Crippen molar-refractivity contribution in [2.75, 3.05) is 47.5 Å². The van der Waals surface area contributed by atoms with Gasteiger partial charge in [0.2, 0.25) is 0 Å². The number of nitrogens with zero attached hydrogens (tertiary/aromatic N) is 1. The van der Waals surface area contributed by atoms with Gasteiger partial charge in [0.25, 0.3) is 0 Å². The number of carbonyl (C=O) groups is 2. The monoisotopic (exact) mass is 1010 g/mol. The van der Waals surface area contributed by atoms with Gasteiger partial charge in [0.15, 0.2) is 6.10 Å². The van der Waals surface area contributed by atoms with Crippen LogP contribution in [-0.4, -0.2) is 74.9 Å². The van der Waals surface area contributed by atoms with Crippen LogP contribution in [0.5, 0.6) is 0 Å². The summed E-state index contributed by atoms with van der Waals surface area (Å²) >= 11 is 0. The molecule has 0 heterocycles. The zero-order chi connectivity index (χ0) is 52.0. The van der Waals surface area contributed by atoms with Crippen molar-refractivity contribution in [3.05, 3.63) is 109 Å². The smallest absolute Gasteiger partial charge is 0.462 e. The first kappa shape index (κ1) is 67.7. The summed E-state index contributed by atoms with van der Waals surface area (Å²) < 4.78 is 34.5. The molecule has 0 aromatic heterocycles. The second-order valence-electron chi connectivity index (χ2n) is 19.6. The highest BCUT2D eigenvalue weighted by molar-refractivity contribution is 7.47. The summed E-state index contributed by atoms with van der Waals surface area (Å²) in [6.45, 7) is 4.27. The number of unbranched alkanes of at least 4 members (excludes halogenated alkanes) is 18. The molecule has 0 aromatic rings. The highest BCUT2D eigenvalue weighted by atomic mass is 31.2. The fraction of sp³-hybridized carbons (Fsp3) is 0.672. The molecule has 0 aliphatic rings. The topological polar surface area (TPSA) is 108 Å². The van der Waals surface area contributed by atoms with Crippen molar-refractivity contribution < 1.29 is 42.1 Å². The van der Waals surface area contributed by atoms with Crippen LogP contribution in [0.2, 0.25) is 0 Å². The Morgan fingerprint density at radius 3 is 1.20 bits per heavy atom. The molecule has 0 saturated heterocycles. The minimum Gasteiger partial charge on any atom is -0.462 e. The summed E-state index contributed by atoms with van der Waals surface area (Å²) in [5.41, 5.74) is 0. The molecule has 406 valence electrons. The Morgan fingerprint density at radius 1 is 0.451 bits per heavy atom. The van der Waals surface area contributed by atoms with Crippen molar-refractivity contribution in [1.82, 2.24) is 0 Å². The Labute approximate surface area is 436 Å². The van der Waals surface area contributed by atoms with Gasteiger partial charge in [0.05, 0.1) is 27.7 Å². The summed E-state index contributed by atoms with van der Waals surface area (Å²) in [4.78, 5) is 35.6. The Kier molecular flexibility index (Phi) is 49.1. The standard InChI is InChI=1S/C61H104NO8P/c1-6-8-10-12-14-16-18-20-22-24-25-26-27-28-29-30-31-32-33-34-35-36-37-38-40-42-44-46-48-50-52-54-61(64)70-59(58-69-71(65,66)68-56-55-62(3,4)5)57-67-60(63)53-51-49-47-45-43-41-39-23-21-19-17-15-13-11-9-7-2/h8,10,14,16,20,22,25-26,28-29,31-32,34-35,37-38,42,44,59H,6-7,9,11-13,15,17-19,21,23-24,27,30,33,36,39-41,43,45-58H2,1-5H3/p+1/b10-8-,16-14-,22-20-,26-25-,29-28-,32-31-,35-34-,38-37-,44-42-. The van der Waals surface area contributed by atoms with Crippen molar-refractivity contribution in [3.63, 3.8) is 0 Å². The van der Waals surface area contributed by atoms with Gasteiger partial charge in [-0.25, -0.2) is 4.57 Å². The zero-order valence-electron chi connectivity index (χ0n) is 45.9. The van der Waals surface area contributed by atoms with E-state index in [1.807, 2.05) is 21.1 Å². The number of likely N-dealkylation sites (N-methyl/N-ethyl adjacent to an activating group) is 1. The second kappa shape index (κ2) is 51.6. The molecule has 0 aliphatic carbocycles. The quantitative estimate of drug-likeness (QED) is 0.0211. The predicted molar refractivity (Wildman–Crippen MR) is 302 cm³/mol. The number of esters is 2. The Morgan fingerprint density at radius 2 is 0.803 bits per heavy atom. The van der Waals surface area contributed by atoms with Gasteiger partial charge >= 0.3 is 19.8 Å². The van der Waals surface area contributed by atoms with Gasteiger partial charge in [-0.15, -0.1) is 0 Å². The first-order chi connectivity index (χ1) is 34.5. The Hall–Kier alpha value is -3.33. The third-order valence-electron chi connectivity index (χ3n) is 11.6. The molecule has 71 heavy (non-hydrogen) atoms. The third-order valence-corrected chi connectivity index (χ3v) is 12.6. The van der Waals surface area contributed by atoms with E-state index in [1.54, 1.807) is 0 Å². The van der Waals surface area contributed by atoms with Crippen LogP contribution < -0.4 is 0 Å². The van der Waals surface area contributed by atoms with E-state index in [0.717, 1.165) is 96.3 Å². The van der Waals surface area contributed by atoms with Crippen LogP contribution >= 0.6 is 7.82 Å². The number of ether oxygens (including phenoxy) is 2. The van der Waals surface area contributed by atoms with Gasteiger partial charge in [-0.1, -0.05) is 226 Å². The van der Waals surface area contributed by atoms with E-state index in [2.05, 4.69) is 123 Å². The fourth-order valence-electron chi connectivity index (χ4n) is 7.24. The second-order valence-corrected chi connectivity index (χ2v) is 21.0. The summed E-state index contributed by atoms with van der Waals surface area (Å²) in [6, 6.07) is 0. The molecule has 0 saturated carbocycles. The lowest BCUT2D eigenvalue weighted by molar-refractivity contribution is -0.870. The van der Waals surface area contributed by atoms with Crippen molar-refractivity contribution in [2.45, 2.75) is 219 Å². The number of phosphoric acid groups is 1. The van der Waals surface area contributed by atoms with E-state index < -0.39 is 26.5 Å². The molecule has 2 unspecified atom stereocenters. The van der Waals surface area contributed by atoms with Crippen molar-refractivity contribution in [2.24, 2.45) is 0 Å². The first-order valence-corrected chi connectivity index (χ1v) is 29.6. The van der Waals surface area contributed by atoms with Crippen molar-refractivity contribution in [1.29, 1.82) is 0 Å². The van der Waals surface area contributed by atoms with Crippen LogP contribution in [0.15, 0.2) is 109 Å². The number of hydrogen-bond acceptors (Lipinski definition) is 7. The highest BCUT2D eigenvalue weighted by Gasteiger charge is 2.27. The van der Waals surface area contributed by atoms with Crippen molar-refractivity contribution in [3.8, 4) is 0 Å². The lowest BCUT2D eigenvalue weighted by Crippen LogP contribution is -2.37. The molecular weight excluding hydrogens is 906 g/mol. The Bertz CT molecular complexity index is 1570. The van der Waals surface area contributed by atoms with Crippen LogP contribution in [0.4, 0.5) is 0 Å². The van der Waals surface area contributed by atoms with Crippen LogP contribution in [0.25, 0.3) is 0 Å². The molecule has 0 rings (SSSR count). The molecule has 0 fully saturated rings. The number of carbonyl (C=O) groups excluding carboxylic acids is 2. The first-order valence-electron chi connectivity index (χ1n) is 28.1. The minimum atomic E-state index is -4.40. The lowest BCUT2D eigenvalue weighted by atomic mass is 10.0. The van der Waals surface area contributed by atoms with Gasteiger partial charge in [-0.3, -0.25) is 18.6 Å². The molecule has 0 aliphatic heterocycles. The van der Waals surface area contributed by atoms with E-state index in [9.17, 15) is 19.0 Å². The van der Waals surface area contributed by atoms with Gasteiger partial charge in [0, 0.05) is 12.8 Å². The van der Waals surface area contributed by atoms with Gasteiger partial charge in [0.1, 0.15) is 19.8 Å². The number of allylic oxidation sites excluding steroid dienone is 18. The molecule has 0 aromatic carbocycles. The maximum atomic E-state index is 12.8. The largest absolute Gasteiger partial charge is 0.472 e. The summed E-state index contributed by atoms with van der Waals surface area (Å²) in [7, 11) is 1.44. The molecule has 10 heteroatoms. The summed E-state index contributed by atoms with van der Waals surface area (Å²) in [6.07, 6.45) is 71.5. The van der Waals surface area contributed by atoms with Crippen LogP contribution in [0.3, 0.4) is 0 Å². The molecule has 0 bridgehead atoms. The number of hydrogen-bond donors (Lipinski definition) is 1. The average molecular weight is 1010 g/mol. The number of rotatable bonds is 50. The highest BCUT2D eigenvalue weighted by Crippen LogP contribution is 2.43. The predicted octanol–water partition coefficient (Wildman–Crippen LogP) is 17.4. The lowest BCUT2D eigenvalue weighted by Gasteiger charge is -2.24. The SMILES string of the molecule is CC/C=C\C/C=C\C/C=C\C/C=C\C/C=C\C/C=C\C/C=C\C/C=C\C/C=C\CCCCCC(=O)OC(COC(=O)CCCCCCCCCCCCCCCCCC)COP(=O)(O)OCC[N+](C)(C)C. The third kappa shape index (κ3) is 55.8. The molecule has 9 nitrogen and oxygen atoms in total. The van der Waals surface area contributed by atoms with Gasteiger partial charge < -0.3 is 18.9 Å². The van der Waals surface area contributed by atoms with Crippen LogP contribution in [-0.2, 0) is 32.7 Å². The van der Waals surface area contributed by atoms with Gasteiger partial charge in [-0.05, 0) is 83.5 Å². The van der Waals surface area contributed by atoms with E-state index in [4.69, 9.17) is 18.5 Å². The zero-order valence-corrected chi connectivity index (χ0v) is 46.8. The van der Waals surface area contributed by atoms with E-state index in [0.29, 0.717) is 17.4 Å². The fourth-order valence-corrected chi connectivity index (χ4v) is 7.98. The molecule has 0 spiro atoms. The van der Waals surface area contributed by atoms with Crippen molar-refractivity contribution >= 4 is 19.8 Å². The van der Waals surface area contributed by atoms with Crippen LogP contribution in [0.1, 0.15) is 213 Å². The summed E-state index contributed by atoms with van der Waals surface area (Å²) in [5, 5.41) is 0. The molecule has 0 radical (unpaired) electrons.